The van der Waals surface area contributed by atoms with Gasteiger partial charge in [-0.05, 0) is 53.8 Å². The van der Waals surface area contributed by atoms with E-state index in [4.69, 9.17) is 11.6 Å². The third-order valence-electron chi connectivity index (χ3n) is 6.55. The summed E-state index contributed by atoms with van der Waals surface area (Å²) in [6.07, 6.45) is 7.23. The smallest absolute Gasteiger partial charge is 0.232 e. The minimum Gasteiger partial charge on any atom is -0.312 e. The molecule has 5 rings (SSSR count). The average molecular weight is 461 g/mol. The fourth-order valence-corrected chi connectivity index (χ4v) is 5.00. The molecule has 3 aromatic rings. The third-order valence-corrected chi connectivity index (χ3v) is 6.78. The fraction of sp³-hybridized carbons (Fsp3) is 0.308. The maximum absolute atomic E-state index is 13.4. The highest BCUT2D eigenvalue weighted by atomic mass is 35.5. The van der Waals surface area contributed by atoms with Gasteiger partial charge in [-0.15, -0.1) is 0 Å². The zero-order valence-corrected chi connectivity index (χ0v) is 19.2. The number of carbonyl (C=O) groups excluding carboxylic acids is 2. The predicted molar refractivity (Wildman–Crippen MR) is 129 cm³/mol. The molecule has 2 aliphatic heterocycles. The minimum absolute atomic E-state index is 0.0210. The number of anilines is 2. The van der Waals surface area contributed by atoms with Gasteiger partial charge >= 0.3 is 0 Å². The van der Waals surface area contributed by atoms with Gasteiger partial charge in [-0.1, -0.05) is 36.7 Å². The number of amides is 2. The van der Waals surface area contributed by atoms with Crippen LogP contribution in [0, 0.1) is 5.92 Å². The van der Waals surface area contributed by atoms with E-state index in [1.54, 1.807) is 17.0 Å². The van der Waals surface area contributed by atoms with E-state index in [9.17, 15) is 9.59 Å². The number of benzene rings is 2. The Morgan fingerprint density at radius 3 is 2.64 bits per heavy atom. The lowest BCUT2D eigenvalue weighted by Crippen LogP contribution is -2.36. The van der Waals surface area contributed by atoms with E-state index < -0.39 is 0 Å². The minimum atomic E-state index is -0.354. The molecule has 6 nitrogen and oxygen atoms in total. The van der Waals surface area contributed by atoms with Crippen LogP contribution in [0.3, 0.4) is 0 Å². The molecule has 1 unspecified atom stereocenters. The Bertz CT molecular complexity index is 1200. The summed E-state index contributed by atoms with van der Waals surface area (Å²) in [5.41, 5.74) is 5.25. The lowest BCUT2D eigenvalue weighted by atomic mass is 9.98. The molecule has 2 aliphatic rings. The SMILES string of the molecule is CC1CN(C(=O)[C@H]2CC(=O)N(c3cccc(Cl)c3)C2)c2ccc(CCc3cncnc3)cc21. The van der Waals surface area contributed by atoms with Crippen molar-refractivity contribution in [2.45, 2.75) is 32.1 Å². The molecule has 2 amide bonds. The van der Waals surface area contributed by atoms with Crippen LogP contribution < -0.4 is 9.80 Å². The highest BCUT2D eigenvalue weighted by Crippen LogP contribution is 2.39. The van der Waals surface area contributed by atoms with Gasteiger partial charge < -0.3 is 9.80 Å². The molecule has 1 aromatic heterocycles. The molecule has 1 saturated heterocycles. The molecule has 2 aromatic carbocycles. The van der Waals surface area contributed by atoms with E-state index in [1.165, 1.54) is 17.5 Å². The summed E-state index contributed by atoms with van der Waals surface area (Å²) in [4.78, 5) is 37.8. The van der Waals surface area contributed by atoms with Crippen molar-refractivity contribution < 1.29 is 9.59 Å². The van der Waals surface area contributed by atoms with Gasteiger partial charge in [0.2, 0.25) is 11.8 Å². The number of carbonyl (C=O) groups is 2. The summed E-state index contributed by atoms with van der Waals surface area (Å²) in [6.45, 7) is 3.18. The Morgan fingerprint density at radius 1 is 1.06 bits per heavy atom. The van der Waals surface area contributed by atoms with Gasteiger partial charge in [-0.3, -0.25) is 9.59 Å². The maximum Gasteiger partial charge on any atom is 0.232 e. The molecule has 0 bridgehead atoms. The number of rotatable bonds is 5. The first-order chi connectivity index (χ1) is 16.0. The Hall–Kier alpha value is -3.25. The van der Waals surface area contributed by atoms with Gasteiger partial charge in [-0.2, -0.15) is 0 Å². The molecule has 7 heteroatoms. The lowest BCUT2D eigenvalue weighted by molar-refractivity contribution is -0.124. The summed E-state index contributed by atoms with van der Waals surface area (Å²) < 4.78 is 0. The Kier molecular flexibility index (Phi) is 5.85. The molecule has 0 spiro atoms. The van der Waals surface area contributed by atoms with E-state index >= 15 is 0 Å². The van der Waals surface area contributed by atoms with E-state index in [2.05, 4.69) is 35.1 Å². The van der Waals surface area contributed by atoms with Gasteiger partial charge in [0.1, 0.15) is 6.33 Å². The van der Waals surface area contributed by atoms with Gasteiger partial charge in [0, 0.05) is 54.2 Å². The molecule has 1 fully saturated rings. The van der Waals surface area contributed by atoms with Crippen LogP contribution in [0.2, 0.25) is 5.02 Å². The third kappa shape index (κ3) is 4.35. The molecule has 0 N–H and O–H groups in total. The Labute approximate surface area is 198 Å². The molecule has 33 heavy (non-hydrogen) atoms. The van der Waals surface area contributed by atoms with Gasteiger partial charge in [0.25, 0.3) is 0 Å². The number of hydrogen-bond donors (Lipinski definition) is 0. The standard InChI is InChI=1S/C26H25ClN4O2/c1-17-14-31(24-8-7-18(9-23(17)24)5-6-19-12-28-16-29-13-19)26(33)20-10-25(32)30(15-20)22-4-2-3-21(27)11-22/h2-4,7-9,11-13,16-17,20H,5-6,10,14-15H2,1H3/t17?,20-/m0/s1. The van der Waals surface area contributed by atoms with Crippen LogP contribution in [0.15, 0.2) is 61.2 Å². The largest absolute Gasteiger partial charge is 0.312 e. The van der Waals surface area contributed by atoms with Crippen LogP contribution in [0.5, 0.6) is 0 Å². The Morgan fingerprint density at radius 2 is 1.85 bits per heavy atom. The maximum atomic E-state index is 13.4. The molecular formula is C26H25ClN4O2. The number of fused-ring (bicyclic) bond motifs is 1. The van der Waals surface area contributed by atoms with Crippen LogP contribution >= 0.6 is 11.6 Å². The number of hydrogen-bond acceptors (Lipinski definition) is 4. The number of aryl methyl sites for hydroxylation is 2. The molecule has 168 valence electrons. The summed E-state index contributed by atoms with van der Waals surface area (Å²) in [5, 5.41) is 0.577. The van der Waals surface area contributed by atoms with Crippen LogP contribution in [-0.4, -0.2) is 34.9 Å². The molecule has 2 atom stereocenters. The fourth-order valence-electron chi connectivity index (χ4n) is 4.81. The monoisotopic (exact) mass is 460 g/mol. The zero-order chi connectivity index (χ0) is 22.9. The van der Waals surface area contributed by atoms with E-state index in [-0.39, 0.29) is 30.1 Å². The summed E-state index contributed by atoms with van der Waals surface area (Å²) in [6, 6.07) is 13.6. The van der Waals surface area contributed by atoms with Crippen LogP contribution in [0.4, 0.5) is 11.4 Å². The number of halogens is 1. The number of aromatic nitrogens is 2. The second kappa shape index (κ2) is 8.94. The van der Waals surface area contributed by atoms with E-state index in [1.807, 2.05) is 29.4 Å². The predicted octanol–water partition coefficient (Wildman–Crippen LogP) is 4.42. The molecule has 0 aliphatic carbocycles. The van der Waals surface area contributed by atoms with Crippen molar-refractivity contribution in [1.29, 1.82) is 0 Å². The summed E-state index contributed by atoms with van der Waals surface area (Å²) >= 11 is 6.10. The summed E-state index contributed by atoms with van der Waals surface area (Å²) in [7, 11) is 0. The highest BCUT2D eigenvalue weighted by molar-refractivity contribution is 6.31. The van der Waals surface area contributed by atoms with Crippen LogP contribution in [0.1, 0.15) is 36.0 Å². The quantitative estimate of drug-likeness (QED) is 0.565. The average Bonchev–Trinajstić information content (AvgIpc) is 3.38. The van der Waals surface area contributed by atoms with E-state index in [0.29, 0.717) is 18.1 Å². The molecular weight excluding hydrogens is 436 g/mol. The van der Waals surface area contributed by atoms with E-state index in [0.717, 1.165) is 29.8 Å². The van der Waals surface area contributed by atoms with Gasteiger partial charge in [-0.25, -0.2) is 9.97 Å². The van der Waals surface area contributed by atoms with Crippen molar-refractivity contribution in [3.05, 3.63) is 82.9 Å². The first-order valence-electron chi connectivity index (χ1n) is 11.2. The van der Waals surface area contributed by atoms with Crippen molar-refractivity contribution in [3.8, 4) is 0 Å². The van der Waals surface area contributed by atoms with Crippen molar-refractivity contribution in [2.24, 2.45) is 5.92 Å². The second-order valence-electron chi connectivity index (χ2n) is 8.88. The lowest BCUT2D eigenvalue weighted by Gasteiger charge is -2.22. The second-order valence-corrected chi connectivity index (χ2v) is 9.31. The summed E-state index contributed by atoms with van der Waals surface area (Å²) in [5.74, 6) is -0.117. The topological polar surface area (TPSA) is 66.4 Å². The Balaban J connectivity index is 1.30. The molecule has 0 radical (unpaired) electrons. The van der Waals surface area contributed by atoms with Gasteiger partial charge in [0.05, 0.1) is 5.92 Å². The molecule has 0 saturated carbocycles. The van der Waals surface area contributed by atoms with Crippen molar-refractivity contribution in [3.63, 3.8) is 0 Å². The van der Waals surface area contributed by atoms with Gasteiger partial charge in [0.15, 0.2) is 0 Å². The zero-order valence-electron chi connectivity index (χ0n) is 18.4. The first-order valence-corrected chi connectivity index (χ1v) is 11.6. The highest BCUT2D eigenvalue weighted by Gasteiger charge is 2.40. The van der Waals surface area contributed by atoms with Crippen molar-refractivity contribution >= 4 is 34.8 Å². The van der Waals surface area contributed by atoms with Crippen molar-refractivity contribution in [1.82, 2.24) is 9.97 Å². The van der Waals surface area contributed by atoms with Crippen molar-refractivity contribution in [2.75, 3.05) is 22.9 Å². The normalized spacial score (nSPS) is 19.8. The van der Waals surface area contributed by atoms with Crippen LogP contribution in [-0.2, 0) is 22.4 Å². The molecule has 3 heterocycles. The van der Waals surface area contributed by atoms with Crippen LogP contribution in [0.25, 0.3) is 0 Å². The number of nitrogens with zero attached hydrogens (tertiary/aromatic N) is 4. The first kappa shape index (κ1) is 21.6.